The van der Waals surface area contributed by atoms with Crippen molar-refractivity contribution in [1.82, 2.24) is 10.3 Å². The molecule has 1 saturated carbocycles. The zero-order valence-electron chi connectivity index (χ0n) is 20.0. The highest BCUT2D eigenvalue weighted by atomic mass is 35.5. The van der Waals surface area contributed by atoms with Gasteiger partial charge in [0.15, 0.2) is 0 Å². The number of carbonyl (C=O) groups excluding carboxylic acids is 2. The van der Waals surface area contributed by atoms with Crippen molar-refractivity contribution in [3.63, 3.8) is 0 Å². The first kappa shape index (κ1) is 26.5. The van der Waals surface area contributed by atoms with Crippen molar-refractivity contribution >= 4 is 45.9 Å². The van der Waals surface area contributed by atoms with Gasteiger partial charge in [-0.3, -0.25) is 4.79 Å². The van der Waals surface area contributed by atoms with Crippen LogP contribution in [0.3, 0.4) is 0 Å². The van der Waals surface area contributed by atoms with Gasteiger partial charge < -0.3 is 20.3 Å². The molecule has 0 saturated heterocycles. The molecule has 0 bridgehead atoms. The smallest absolute Gasteiger partial charge is 0.433 e. The van der Waals surface area contributed by atoms with E-state index in [2.05, 4.69) is 20.4 Å². The molecule has 2 aromatic carbocycles. The molecule has 7 nitrogen and oxygen atoms in total. The number of nitrogens with zero attached hydrogens (tertiary/aromatic N) is 2. The predicted molar refractivity (Wildman–Crippen MR) is 136 cm³/mol. The number of benzene rings is 2. The zero-order chi connectivity index (χ0) is 26.6. The average molecular weight is 535 g/mol. The second-order valence-corrected chi connectivity index (χ2v) is 9.24. The third-order valence-corrected chi connectivity index (χ3v) is 6.59. The SMILES string of the molecule is COC(=O)NCC(=O)N(c1ccccc1)C1CCC(Nc2cc(C(F)(F)F)nc3ccc(Cl)cc23)CC1. The fraction of sp³-hybridized carbons (Fsp3) is 0.346. The first-order chi connectivity index (χ1) is 17.7. The second kappa shape index (κ2) is 11.2. The van der Waals surface area contributed by atoms with Gasteiger partial charge in [0.2, 0.25) is 5.91 Å². The number of para-hydroxylation sites is 1. The van der Waals surface area contributed by atoms with Crippen molar-refractivity contribution in [3.8, 4) is 0 Å². The van der Waals surface area contributed by atoms with Crippen molar-refractivity contribution in [1.29, 1.82) is 0 Å². The van der Waals surface area contributed by atoms with Crippen molar-refractivity contribution in [2.24, 2.45) is 0 Å². The molecule has 4 rings (SSSR count). The summed E-state index contributed by atoms with van der Waals surface area (Å²) >= 11 is 6.11. The topological polar surface area (TPSA) is 83.6 Å². The Balaban J connectivity index is 1.51. The highest BCUT2D eigenvalue weighted by molar-refractivity contribution is 6.31. The molecule has 0 unspecified atom stereocenters. The van der Waals surface area contributed by atoms with Crippen LogP contribution < -0.4 is 15.5 Å². The summed E-state index contributed by atoms with van der Waals surface area (Å²) in [7, 11) is 1.22. The molecule has 37 heavy (non-hydrogen) atoms. The molecule has 11 heteroatoms. The average Bonchev–Trinajstić information content (AvgIpc) is 2.88. The lowest BCUT2D eigenvalue weighted by atomic mass is 9.89. The molecule has 1 aromatic heterocycles. The molecular weight excluding hydrogens is 509 g/mol. The number of anilines is 2. The molecule has 2 amide bonds. The third kappa shape index (κ3) is 6.43. The van der Waals surface area contributed by atoms with E-state index in [0.717, 1.165) is 6.07 Å². The van der Waals surface area contributed by atoms with Gasteiger partial charge in [0.1, 0.15) is 12.2 Å². The monoisotopic (exact) mass is 534 g/mol. The summed E-state index contributed by atoms with van der Waals surface area (Å²) in [5.74, 6) is -0.280. The zero-order valence-corrected chi connectivity index (χ0v) is 20.8. The number of nitrogens with one attached hydrogen (secondary N) is 2. The van der Waals surface area contributed by atoms with Crippen molar-refractivity contribution in [3.05, 3.63) is 65.3 Å². The van der Waals surface area contributed by atoms with Gasteiger partial charge in [0.25, 0.3) is 0 Å². The van der Waals surface area contributed by atoms with Crippen LogP contribution in [0, 0.1) is 0 Å². The Morgan fingerprint density at radius 3 is 2.43 bits per heavy atom. The van der Waals surface area contributed by atoms with Crippen LogP contribution in [0.4, 0.5) is 29.3 Å². The highest BCUT2D eigenvalue weighted by Crippen LogP contribution is 2.36. The molecule has 3 aromatic rings. The Morgan fingerprint density at radius 1 is 1.08 bits per heavy atom. The summed E-state index contributed by atoms with van der Waals surface area (Å²) in [5, 5.41) is 6.61. The van der Waals surface area contributed by atoms with Crippen molar-refractivity contribution in [2.45, 2.75) is 43.9 Å². The normalized spacial score (nSPS) is 17.8. The van der Waals surface area contributed by atoms with E-state index in [4.69, 9.17) is 11.6 Å². The predicted octanol–water partition coefficient (Wildman–Crippen LogP) is 6.02. The number of rotatable bonds is 6. The van der Waals surface area contributed by atoms with E-state index in [1.165, 1.54) is 19.2 Å². The number of fused-ring (bicyclic) bond motifs is 1. The van der Waals surface area contributed by atoms with E-state index in [-0.39, 0.29) is 30.1 Å². The third-order valence-electron chi connectivity index (χ3n) is 6.36. The van der Waals surface area contributed by atoms with E-state index in [9.17, 15) is 22.8 Å². The number of aromatic nitrogens is 1. The maximum absolute atomic E-state index is 13.5. The molecule has 0 spiro atoms. The molecule has 1 aliphatic carbocycles. The molecule has 1 heterocycles. The Hall–Kier alpha value is -3.53. The van der Waals surface area contributed by atoms with Gasteiger partial charge in [0, 0.05) is 33.9 Å². The largest absolute Gasteiger partial charge is 0.453 e. The number of carbonyl (C=O) groups is 2. The molecule has 0 aliphatic heterocycles. The van der Waals surface area contributed by atoms with Gasteiger partial charge in [0.05, 0.1) is 12.6 Å². The Morgan fingerprint density at radius 2 is 1.78 bits per heavy atom. The van der Waals surface area contributed by atoms with Gasteiger partial charge in [-0.2, -0.15) is 13.2 Å². The number of methoxy groups -OCH3 is 1. The quantitative estimate of drug-likeness (QED) is 0.404. The molecule has 0 atom stereocenters. The van der Waals surface area contributed by atoms with Gasteiger partial charge in [-0.25, -0.2) is 9.78 Å². The first-order valence-corrected chi connectivity index (χ1v) is 12.2. The molecule has 0 radical (unpaired) electrons. The summed E-state index contributed by atoms with van der Waals surface area (Å²) in [6.45, 7) is -0.219. The number of ether oxygens (including phenoxy) is 1. The van der Waals surface area contributed by atoms with Crippen LogP contribution in [-0.2, 0) is 15.7 Å². The number of hydrogen-bond donors (Lipinski definition) is 2. The van der Waals surface area contributed by atoms with Crippen LogP contribution in [0.15, 0.2) is 54.6 Å². The van der Waals surface area contributed by atoms with Crippen LogP contribution in [0.5, 0.6) is 0 Å². The number of alkyl halides is 3. The van der Waals surface area contributed by atoms with Crippen LogP contribution in [-0.4, -0.2) is 42.7 Å². The lowest BCUT2D eigenvalue weighted by Crippen LogP contribution is -2.48. The molecule has 196 valence electrons. The fourth-order valence-corrected chi connectivity index (χ4v) is 4.79. The van der Waals surface area contributed by atoms with Gasteiger partial charge in [-0.05, 0) is 62.1 Å². The summed E-state index contributed by atoms with van der Waals surface area (Å²) in [5.41, 5.74) is 0.258. The van der Waals surface area contributed by atoms with E-state index in [1.54, 1.807) is 11.0 Å². The summed E-state index contributed by atoms with van der Waals surface area (Å²) in [4.78, 5) is 30.0. The summed E-state index contributed by atoms with van der Waals surface area (Å²) in [6, 6.07) is 14.5. The van der Waals surface area contributed by atoms with Gasteiger partial charge >= 0.3 is 12.3 Å². The minimum absolute atomic E-state index is 0.108. The summed E-state index contributed by atoms with van der Waals surface area (Å²) in [6.07, 6.45) is -2.80. The van der Waals surface area contributed by atoms with Crippen LogP contribution >= 0.6 is 11.6 Å². The van der Waals surface area contributed by atoms with Crippen LogP contribution in [0.25, 0.3) is 10.9 Å². The lowest BCUT2D eigenvalue weighted by Gasteiger charge is -2.37. The minimum Gasteiger partial charge on any atom is -0.453 e. The van der Waals surface area contributed by atoms with Crippen molar-refractivity contribution in [2.75, 3.05) is 23.9 Å². The Labute approximate surface area is 216 Å². The number of amides is 2. The summed E-state index contributed by atoms with van der Waals surface area (Å²) < 4.78 is 45.0. The van der Waals surface area contributed by atoms with Gasteiger partial charge in [-0.15, -0.1) is 0 Å². The fourth-order valence-electron chi connectivity index (χ4n) is 4.61. The highest BCUT2D eigenvalue weighted by Gasteiger charge is 2.34. The molecule has 1 fully saturated rings. The van der Waals surface area contributed by atoms with E-state index >= 15 is 0 Å². The maximum Gasteiger partial charge on any atom is 0.433 e. The van der Waals surface area contributed by atoms with Crippen LogP contribution in [0.1, 0.15) is 31.4 Å². The van der Waals surface area contributed by atoms with Gasteiger partial charge in [-0.1, -0.05) is 29.8 Å². The number of alkyl carbamates (subject to hydrolysis) is 1. The maximum atomic E-state index is 13.5. The van der Waals surface area contributed by atoms with Crippen molar-refractivity contribution < 1.29 is 27.5 Å². The Bertz CT molecular complexity index is 1270. The first-order valence-electron chi connectivity index (χ1n) is 11.8. The van der Waals surface area contributed by atoms with E-state index in [0.29, 0.717) is 47.5 Å². The van der Waals surface area contributed by atoms with E-state index in [1.807, 2.05) is 30.3 Å². The molecule has 1 aliphatic rings. The molecule has 2 N–H and O–H groups in total. The second-order valence-electron chi connectivity index (χ2n) is 8.81. The molecular formula is C26H26ClF3N4O3. The standard InChI is InChI=1S/C26H26ClF3N4O3/c1-37-25(36)31-15-24(35)34(18-5-3-2-4-6-18)19-10-8-17(9-11-19)32-22-14-23(26(28,29)30)33-21-12-7-16(27)13-20(21)22/h2-7,12-14,17,19H,8-11,15H2,1H3,(H,31,36)(H,32,33). The number of pyridine rings is 1. The minimum atomic E-state index is -4.59. The van der Waals surface area contributed by atoms with Crippen LogP contribution in [0.2, 0.25) is 5.02 Å². The lowest BCUT2D eigenvalue weighted by molar-refractivity contribution is -0.140. The number of hydrogen-bond acceptors (Lipinski definition) is 5. The number of halogens is 4. The van der Waals surface area contributed by atoms with E-state index < -0.39 is 18.0 Å². The Kier molecular flexibility index (Phi) is 8.06.